The van der Waals surface area contributed by atoms with E-state index in [-0.39, 0.29) is 29.1 Å². The van der Waals surface area contributed by atoms with Gasteiger partial charge in [-0.25, -0.2) is 4.79 Å². The van der Waals surface area contributed by atoms with E-state index in [4.69, 9.17) is 4.74 Å². The van der Waals surface area contributed by atoms with Gasteiger partial charge < -0.3 is 9.64 Å². The summed E-state index contributed by atoms with van der Waals surface area (Å²) in [5.41, 5.74) is 2.15. The molecular weight excluding hydrogens is 396 g/mol. The van der Waals surface area contributed by atoms with Crippen molar-refractivity contribution in [2.75, 3.05) is 19.7 Å². The van der Waals surface area contributed by atoms with Gasteiger partial charge in [-0.05, 0) is 37.6 Å². The lowest BCUT2D eigenvalue weighted by Crippen LogP contribution is -2.35. The smallest absolute Gasteiger partial charge is 0.338 e. The van der Waals surface area contributed by atoms with E-state index in [1.54, 1.807) is 0 Å². The Balaban J connectivity index is 1.69. The van der Waals surface area contributed by atoms with E-state index >= 15 is 0 Å². The largest absolute Gasteiger partial charge is 0.452 e. The molecule has 0 unspecified atom stereocenters. The molecule has 160 valence electrons. The quantitative estimate of drug-likeness (QED) is 0.372. The second-order valence-electron chi connectivity index (χ2n) is 7.38. The Bertz CT molecular complexity index is 1050. The molecule has 0 aromatic heterocycles. The average molecular weight is 420 g/mol. The second-order valence-corrected chi connectivity index (χ2v) is 7.38. The predicted molar refractivity (Wildman–Crippen MR) is 114 cm³/mol. The first kappa shape index (κ1) is 22.0. The monoisotopic (exact) mass is 420 g/mol. The number of fused-ring (bicyclic) bond motifs is 1. The number of carbonyl (C=O) groups excluding carboxylic acids is 4. The van der Waals surface area contributed by atoms with Crippen LogP contribution in [0.4, 0.5) is 0 Å². The van der Waals surface area contributed by atoms with Crippen molar-refractivity contribution in [1.29, 1.82) is 0 Å². The molecule has 3 amide bonds. The zero-order valence-electron chi connectivity index (χ0n) is 17.6. The van der Waals surface area contributed by atoms with Gasteiger partial charge in [-0.15, -0.1) is 0 Å². The van der Waals surface area contributed by atoms with Crippen molar-refractivity contribution in [2.24, 2.45) is 0 Å². The molecule has 1 aliphatic rings. The first-order valence-corrected chi connectivity index (χ1v) is 9.95. The lowest BCUT2D eigenvalue weighted by atomic mass is 10.1. The van der Waals surface area contributed by atoms with Crippen LogP contribution in [0.1, 0.15) is 50.5 Å². The number of esters is 1. The van der Waals surface area contributed by atoms with Crippen molar-refractivity contribution in [3.05, 3.63) is 82.9 Å². The fourth-order valence-electron chi connectivity index (χ4n) is 3.33. The molecule has 31 heavy (non-hydrogen) atoms. The summed E-state index contributed by atoms with van der Waals surface area (Å²) in [6.45, 7) is 8.01. The summed E-state index contributed by atoms with van der Waals surface area (Å²) in [5.74, 6) is -1.94. The predicted octanol–water partition coefficient (Wildman–Crippen LogP) is 3.06. The Morgan fingerprint density at radius 2 is 1.71 bits per heavy atom. The molecule has 0 fully saturated rings. The molecule has 0 saturated heterocycles. The summed E-state index contributed by atoms with van der Waals surface area (Å²) in [7, 11) is 0. The maximum Gasteiger partial charge on any atom is 0.338 e. The van der Waals surface area contributed by atoms with Crippen LogP contribution in [0.3, 0.4) is 0 Å². The minimum Gasteiger partial charge on any atom is -0.452 e. The van der Waals surface area contributed by atoms with Crippen LogP contribution >= 0.6 is 0 Å². The number of hydrogen-bond acceptors (Lipinski definition) is 5. The Kier molecular flexibility index (Phi) is 6.65. The summed E-state index contributed by atoms with van der Waals surface area (Å²) in [4.78, 5) is 52.7. The molecule has 7 heteroatoms. The van der Waals surface area contributed by atoms with Crippen molar-refractivity contribution >= 4 is 23.7 Å². The van der Waals surface area contributed by atoms with Crippen molar-refractivity contribution in [3.8, 4) is 0 Å². The average Bonchev–Trinajstić information content (AvgIpc) is 3.00. The number of likely N-dealkylation sites (N-methyl/N-ethyl adjacent to an activating group) is 1. The van der Waals surface area contributed by atoms with Crippen LogP contribution in [-0.2, 0) is 16.1 Å². The Labute approximate surface area is 180 Å². The van der Waals surface area contributed by atoms with Crippen molar-refractivity contribution in [3.63, 3.8) is 0 Å². The number of carbonyl (C=O) groups is 4. The Morgan fingerprint density at radius 1 is 1.03 bits per heavy atom. The first-order chi connectivity index (χ1) is 14.8. The highest BCUT2D eigenvalue weighted by molar-refractivity contribution is 6.21. The molecule has 2 aromatic rings. The molecule has 0 atom stereocenters. The molecule has 0 spiro atoms. The lowest BCUT2D eigenvalue weighted by molar-refractivity contribution is -0.133. The maximum absolute atomic E-state index is 12.8. The highest BCUT2D eigenvalue weighted by Crippen LogP contribution is 2.26. The number of hydrogen-bond donors (Lipinski definition) is 0. The number of imide groups is 1. The molecule has 1 heterocycles. The molecule has 1 aliphatic heterocycles. The van der Waals surface area contributed by atoms with Gasteiger partial charge in [-0.2, -0.15) is 0 Å². The van der Waals surface area contributed by atoms with Crippen LogP contribution in [0.25, 0.3) is 0 Å². The van der Waals surface area contributed by atoms with Gasteiger partial charge in [-0.3, -0.25) is 19.3 Å². The van der Waals surface area contributed by atoms with E-state index in [2.05, 4.69) is 6.58 Å². The van der Waals surface area contributed by atoms with E-state index in [0.29, 0.717) is 13.1 Å². The number of nitrogens with zero attached hydrogens (tertiary/aromatic N) is 2. The van der Waals surface area contributed by atoms with Crippen molar-refractivity contribution in [1.82, 2.24) is 9.80 Å². The van der Waals surface area contributed by atoms with Gasteiger partial charge in [-0.1, -0.05) is 42.5 Å². The number of ether oxygens (including phenoxy) is 1. The highest BCUT2D eigenvalue weighted by Gasteiger charge is 2.36. The Morgan fingerprint density at radius 3 is 2.35 bits per heavy atom. The number of amides is 3. The van der Waals surface area contributed by atoms with E-state index in [1.165, 1.54) is 23.1 Å². The van der Waals surface area contributed by atoms with Crippen LogP contribution < -0.4 is 0 Å². The van der Waals surface area contributed by atoms with Gasteiger partial charge in [0.1, 0.15) is 0 Å². The first-order valence-electron chi connectivity index (χ1n) is 9.95. The molecule has 0 aliphatic carbocycles. The lowest BCUT2D eigenvalue weighted by Gasteiger charge is -2.20. The van der Waals surface area contributed by atoms with E-state index in [1.807, 2.05) is 44.2 Å². The minimum absolute atomic E-state index is 0.109. The third-order valence-corrected chi connectivity index (χ3v) is 4.91. The second kappa shape index (κ2) is 9.38. The molecule has 2 aromatic carbocycles. The standard InChI is InChI=1S/C24H24N2O5/c1-4-25(13-16(2)3)21(27)15-31-24(30)18-10-11-19-20(12-18)23(29)26(22(19)28)14-17-8-6-5-7-9-17/h5-12H,2,4,13-15H2,1,3H3. The van der Waals surface area contributed by atoms with Crippen LogP contribution in [0.15, 0.2) is 60.7 Å². The molecular formula is C24H24N2O5. The summed E-state index contributed by atoms with van der Waals surface area (Å²) in [5, 5.41) is 0. The van der Waals surface area contributed by atoms with Gasteiger partial charge in [0.05, 0.1) is 23.2 Å². The normalized spacial score (nSPS) is 12.5. The Hall–Kier alpha value is -3.74. The summed E-state index contributed by atoms with van der Waals surface area (Å²) >= 11 is 0. The van der Waals surface area contributed by atoms with E-state index in [0.717, 1.165) is 16.0 Å². The van der Waals surface area contributed by atoms with Gasteiger partial charge in [0.2, 0.25) is 0 Å². The van der Waals surface area contributed by atoms with Crippen molar-refractivity contribution in [2.45, 2.75) is 20.4 Å². The highest BCUT2D eigenvalue weighted by atomic mass is 16.5. The SMILES string of the molecule is C=C(C)CN(CC)C(=O)COC(=O)c1ccc2c(c1)C(=O)N(Cc1ccccc1)C2=O. The molecule has 7 nitrogen and oxygen atoms in total. The van der Waals surface area contributed by atoms with Gasteiger partial charge >= 0.3 is 5.97 Å². The summed E-state index contributed by atoms with van der Waals surface area (Å²) in [6.07, 6.45) is 0. The third kappa shape index (κ3) is 4.88. The summed E-state index contributed by atoms with van der Waals surface area (Å²) < 4.78 is 5.13. The van der Waals surface area contributed by atoms with Crippen LogP contribution in [-0.4, -0.2) is 53.2 Å². The molecule has 0 N–H and O–H groups in total. The maximum atomic E-state index is 12.8. The van der Waals surface area contributed by atoms with E-state index in [9.17, 15) is 19.2 Å². The number of rotatable bonds is 8. The molecule has 0 bridgehead atoms. The molecule has 3 rings (SSSR count). The minimum atomic E-state index is -0.732. The fourth-order valence-corrected chi connectivity index (χ4v) is 3.33. The van der Waals surface area contributed by atoms with Crippen molar-refractivity contribution < 1.29 is 23.9 Å². The van der Waals surface area contributed by atoms with Gasteiger partial charge in [0, 0.05) is 13.1 Å². The fraction of sp³-hybridized carbons (Fsp3) is 0.250. The zero-order chi connectivity index (χ0) is 22.5. The number of benzene rings is 2. The van der Waals surface area contributed by atoms with Crippen LogP contribution in [0.2, 0.25) is 0 Å². The molecule has 0 radical (unpaired) electrons. The van der Waals surface area contributed by atoms with E-state index < -0.39 is 24.4 Å². The molecule has 0 saturated carbocycles. The summed E-state index contributed by atoms with van der Waals surface area (Å²) in [6, 6.07) is 13.4. The van der Waals surface area contributed by atoms with Gasteiger partial charge in [0.15, 0.2) is 6.61 Å². The third-order valence-electron chi connectivity index (χ3n) is 4.91. The van der Waals surface area contributed by atoms with Crippen LogP contribution in [0, 0.1) is 0 Å². The van der Waals surface area contributed by atoms with Gasteiger partial charge in [0.25, 0.3) is 17.7 Å². The zero-order valence-corrected chi connectivity index (χ0v) is 17.6. The van der Waals surface area contributed by atoms with Crippen LogP contribution in [0.5, 0.6) is 0 Å². The topological polar surface area (TPSA) is 84.0 Å².